The Labute approximate surface area is 141 Å². The molecule has 1 aliphatic rings. The van der Waals surface area contributed by atoms with E-state index in [1.54, 1.807) is 0 Å². The van der Waals surface area contributed by atoms with Crippen LogP contribution in [0.25, 0.3) is 21.8 Å². The van der Waals surface area contributed by atoms with Crippen molar-refractivity contribution in [3.05, 3.63) is 48.5 Å². The molecule has 3 aromatic rings. The van der Waals surface area contributed by atoms with Gasteiger partial charge < -0.3 is 14.6 Å². The molecule has 124 valence electrons. The molecular formula is C20H22N2O2. The first-order valence-electron chi connectivity index (χ1n) is 8.58. The van der Waals surface area contributed by atoms with Gasteiger partial charge in [0.2, 0.25) is 5.91 Å². The lowest BCUT2D eigenvalue weighted by Crippen LogP contribution is -2.39. The molecule has 1 fully saturated rings. The van der Waals surface area contributed by atoms with Gasteiger partial charge in [0.15, 0.2) is 0 Å². The van der Waals surface area contributed by atoms with E-state index in [-0.39, 0.29) is 11.9 Å². The highest BCUT2D eigenvalue weighted by molar-refractivity contribution is 6.07. The van der Waals surface area contributed by atoms with Crippen LogP contribution in [0, 0.1) is 0 Å². The Balaban J connectivity index is 1.67. The van der Waals surface area contributed by atoms with E-state index in [4.69, 9.17) is 0 Å². The normalized spacial score (nSPS) is 19.5. The molecule has 2 aromatic carbocycles. The highest BCUT2D eigenvalue weighted by Gasteiger charge is 2.29. The van der Waals surface area contributed by atoms with E-state index in [0.717, 1.165) is 17.5 Å². The maximum atomic E-state index is 12.0. The number of aliphatic hydroxyl groups excluding tert-OH is 1. The topological polar surface area (TPSA) is 45.5 Å². The zero-order valence-corrected chi connectivity index (χ0v) is 13.9. The van der Waals surface area contributed by atoms with Gasteiger partial charge in [0.1, 0.15) is 0 Å². The third kappa shape index (κ3) is 2.47. The number of nitrogens with zero attached hydrogens (tertiary/aromatic N) is 2. The van der Waals surface area contributed by atoms with Crippen LogP contribution < -0.4 is 0 Å². The quantitative estimate of drug-likeness (QED) is 0.802. The van der Waals surface area contributed by atoms with E-state index >= 15 is 0 Å². The number of carbonyl (C=O) groups is 1. The van der Waals surface area contributed by atoms with Gasteiger partial charge in [-0.05, 0) is 25.5 Å². The standard InChI is InChI=1S/C20H22N2O2/c1-14-10-11-20(24)21(14)12-15(23)13-22-18-8-4-2-6-16(18)17-7-3-5-9-19(17)22/h2-9,14-15,23H,10-13H2,1H3/t14-,15-/m0/s1. The number of amides is 1. The number of hydrogen-bond acceptors (Lipinski definition) is 2. The molecule has 1 amide bonds. The van der Waals surface area contributed by atoms with Crippen molar-refractivity contribution in [3.8, 4) is 0 Å². The van der Waals surface area contributed by atoms with Crippen LogP contribution in [0.3, 0.4) is 0 Å². The molecule has 0 radical (unpaired) electrons. The Kier molecular flexibility index (Phi) is 3.77. The second-order valence-corrected chi connectivity index (χ2v) is 6.73. The largest absolute Gasteiger partial charge is 0.389 e. The van der Waals surface area contributed by atoms with Crippen molar-refractivity contribution in [1.82, 2.24) is 9.47 Å². The number of hydrogen-bond donors (Lipinski definition) is 1. The SMILES string of the molecule is C[C@H]1CCC(=O)N1C[C@H](O)Cn1c2ccccc2c2ccccc21. The molecule has 1 aromatic heterocycles. The summed E-state index contributed by atoms with van der Waals surface area (Å²) in [5, 5.41) is 13.0. The lowest BCUT2D eigenvalue weighted by atomic mass is 10.2. The maximum absolute atomic E-state index is 12.0. The predicted molar refractivity (Wildman–Crippen MR) is 95.9 cm³/mol. The molecule has 4 nitrogen and oxygen atoms in total. The fourth-order valence-corrected chi connectivity index (χ4v) is 3.85. The molecule has 2 heterocycles. The van der Waals surface area contributed by atoms with Crippen LogP contribution in [0.2, 0.25) is 0 Å². The van der Waals surface area contributed by atoms with E-state index in [2.05, 4.69) is 35.8 Å². The van der Waals surface area contributed by atoms with Crippen LogP contribution in [0.1, 0.15) is 19.8 Å². The van der Waals surface area contributed by atoms with E-state index < -0.39 is 6.10 Å². The van der Waals surface area contributed by atoms with Crippen molar-refractivity contribution < 1.29 is 9.90 Å². The molecule has 1 saturated heterocycles. The zero-order valence-electron chi connectivity index (χ0n) is 13.9. The summed E-state index contributed by atoms with van der Waals surface area (Å²) in [6.45, 7) is 2.95. The van der Waals surface area contributed by atoms with Gasteiger partial charge in [0.25, 0.3) is 0 Å². The van der Waals surface area contributed by atoms with Crippen LogP contribution in [-0.2, 0) is 11.3 Å². The Hall–Kier alpha value is -2.33. The van der Waals surface area contributed by atoms with Crippen molar-refractivity contribution in [2.24, 2.45) is 0 Å². The highest BCUT2D eigenvalue weighted by Crippen LogP contribution is 2.29. The number of fused-ring (bicyclic) bond motifs is 3. The summed E-state index contributed by atoms with van der Waals surface area (Å²) in [5.41, 5.74) is 2.25. The van der Waals surface area contributed by atoms with Crippen LogP contribution in [0.4, 0.5) is 0 Å². The van der Waals surface area contributed by atoms with Crippen LogP contribution in [-0.4, -0.2) is 39.2 Å². The minimum atomic E-state index is -0.575. The average molecular weight is 322 g/mol. The van der Waals surface area contributed by atoms with Crippen LogP contribution >= 0.6 is 0 Å². The van der Waals surface area contributed by atoms with E-state index in [9.17, 15) is 9.90 Å². The van der Waals surface area contributed by atoms with E-state index in [1.807, 2.05) is 29.2 Å². The third-order valence-electron chi connectivity index (χ3n) is 5.11. The molecule has 0 saturated carbocycles. The number of aromatic nitrogens is 1. The number of carbonyl (C=O) groups excluding carboxylic acids is 1. The summed E-state index contributed by atoms with van der Waals surface area (Å²) < 4.78 is 2.17. The number of β-amino-alcohol motifs (C(OH)–C–C–N with tert-alkyl or cyclic N) is 1. The summed E-state index contributed by atoms with van der Waals surface area (Å²) in [6.07, 6.45) is 0.915. The lowest BCUT2D eigenvalue weighted by Gasteiger charge is -2.25. The molecule has 2 atom stereocenters. The molecule has 0 bridgehead atoms. The smallest absolute Gasteiger partial charge is 0.222 e. The molecule has 1 N–H and O–H groups in total. The van der Waals surface area contributed by atoms with Crippen molar-refractivity contribution in [1.29, 1.82) is 0 Å². The van der Waals surface area contributed by atoms with Crippen molar-refractivity contribution >= 4 is 27.7 Å². The second kappa shape index (κ2) is 5.95. The molecule has 4 rings (SSSR count). The van der Waals surface area contributed by atoms with Gasteiger partial charge in [-0.2, -0.15) is 0 Å². The summed E-state index contributed by atoms with van der Waals surface area (Å²) >= 11 is 0. The number of benzene rings is 2. The lowest BCUT2D eigenvalue weighted by molar-refractivity contribution is -0.130. The molecule has 0 spiro atoms. The molecule has 0 aliphatic carbocycles. The Morgan fingerprint density at radius 1 is 1.04 bits per heavy atom. The van der Waals surface area contributed by atoms with Gasteiger partial charge in [-0.3, -0.25) is 4.79 Å². The minimum absolute atomic E-state index is 0.156. The molecule has 0 unspecified atom stereocenters. The summed E-state index contributed by atoms with van der Waals surface area (Å²) in [5.74, 6) is 0.156. The van der Waals surface area contributed by atoms with Gasteiger partial charge in [-0.25, -0.2) is 0 Å². The average Bonchev–Trinajstić information content (AvgIpc) is 3.08. The fraction of sp³-hybridized carbons (Fsp3) is 0.350. The van der Waals surface area contributed by atoms with E-state index in [1.165, 1.54) is 10.8 Å². The fourth-order valence-electron chi connectivity index (χ4n) is 3.85. The third-order valence-corrected chi connectivity index (χ3v) is 5.11. The zero-order chi connectivity index (χ0) is 16.7. The van der Waals surface area contributed by atoms with Gasteiger partial charge in [-0.1, -0.05) is 36.4 Å². The molecule has 24 heavy (non-hydrogen) atoms. The Morgan fingerprint density at radius 2 is 1.62 bits per heavy atom. The predicted octanol–water partition coefficient (Wildman–Crippen LogP) is 3.17. The number of para-hydroxylation sites is 2. The number of aliphatic hydroxyl groups is 1. The van der Waals surface area contributed by atoms with Gasteiger partial charge in [0, 0.05) is 40.8 Å². The highest BCUT2D eigenvalue weighted by atomic mass is 16.3. The minimum Gasteiger partial charge on any atom is -0.389 e. The van der Waals surface area contributed by atoms with Crippen LogP contribution in [0.5, 0.6) is 0 Å². The van der Waals surface area contributed by atoms with Crippen molar-refractivity contribution in [3.63, 3.8) is 0 Å². The van der Waals surface area contributed by atoms with Crippen molar-refractivity contribution in [2.75, 3.05) is 6.54 Å². The summed E-state index contributed by atoms with van der Waals surface area (Å²) in [6, 6.07) is 16.8. The molecular weight excluding hydrogens is 300 g/mol. The van der Waals surface area contributed by atoms with Crippen LogP contribution in [0.15, 0.2) is 48.5 Å². The molecule has 4 heteroatoms. The van der Waals surface area contributed by atoms with E-state index in [0.29, 0.717) is 19.5 Å². The van der Waals surface area contributed by atoms with Gasteiger partial charge >= 0.3 is 0 Å². The summed E-state index contributed by atoms with van der Waals surface area (Å²) in [4.78, 5) is 13.8. The second-order valence-electron chi connectivity index (χ2n) is 6.73. The Morgan fingerprint density at radius 3 is 2.17 bits per heavy atom. The number of rotatable bonds is 4. The molecule has 1 aliphatic heterocycles. The first kappa shape index (κ1) is 15.2. The first-order chi connectivity index (χ1) is 11.6. The first-order valence-corrected chi connectivity index (χ1v) is 8.58. The Bertz CT molecular complexity index is 846. The number of likely N-dealkylation sites (tertiary alicyclic amines) is 1. The summed E-state index contributed by atoms with van der Waals surface area (Å²) in [7, 11) is 0. The van der Waals surface area contributed by atoms with Gasteiger partial charge in [-0.15, -0.1) is 0 Å². The monoisotopic (exact) mass is 322 g/mol. The maximum Gasteiger partial charge on any atom is 0.222 e. The van der Waals surface area contributed by atoms with Gasteiger partial charge in [0.05, 0.1) is 12.6 Å². The van der Waals surface area contributed by atoms with Crippen molar-refractivity contribution in [2.45, 2.75) is 38.5 Å².